The van der Waals surface area contributed by atoms with Crippen molar-refractivity contribution < 1.29 is 14.2 Å². The van der Waals surface area contributed by atoms with E-state index in [0.29, 0.717) is 6.61 Å². The molecule has 0 heterocycles. The summed E-state index contributed by atoms with van der Waals surface area (Å²) in [7, 11) is 3.27. The third-order valence-electron chi connectivity index (χ3n) is 2.43. The minimum absolute atomic E-state index is 0.116. The van der Waals surface area contributed by atoms with Crippen molar-refractivity contribution in [3.8, 4) is 0 Å². The summed E-state index contributed by atoms with van der Waals surface area (Å²) in [6.45, 7) is 2.65. The van der Waals surface area contributed by atoms with Crippen LogP contribution in [0.4, 0.5) is 0 Å². The van der Waals surface area contributed by atoms with E-state index >= 15 is 0 Å². The summed E-state index contributed by atoms with van der Waals surface area (Å²) < 4.78 is 15.9. The Morgan fingerprint density at radius 3 is 2.25 bits per heavy atom. The first kappa shape index (κ1) is 13.2. The minimum Gasteiger partial charge on any atom is -0.374 e. The molecule has 90 valence electrons. The van der Waals surface area contributed by atoms with Gasteiger partial charge >= 0.3 is 0 Å². The maximum Gasteiger partial charge on any atom is 0.159 e. The van der Waals surface area contributed by atoms with Crippen LogP contribution in [0.2, 0.25) is 0 Å². The Hall–Kier alpha value is -0.900. The standard InChI is InChI=1S/C13H20O3/c1-11(9-13(14-2)15-3)16-10-12-7-5-4-6-8-12/h4-8,11,13H,9-10H2,1-3H3. The van der Waals surface area contributed by atoms with Gasteiger partial charge < -0.3 is 14.2 Å². The van der Waals surface area contributed by atoms with Gasteiger partial charge in [0, 0.05) is 20.6 Å². The van der Waals surface area contributed by atoms with Gasteiger partial charge in [-0.3, -0.25) is 0 Å². The zero-order valence-corrected chi connectivity index (χ0v) is 10.2. The average Bonchev–Trinajstić information content (AvgIpc) is 2.34. The van der Waals surface area contributed by atoms with Crippen molar-refractivity contribution in [3.05, 3.63) is 35.9 Å². The summed E-state index contributed by atoms with van der Waals surface area (Å²) in [5.41, 5.74) is 1.18. The molecule has 3 nitrogen and oxygen atoms in total. The number of rotatable bonds is 7. The quantitative estimate of drug-likeness (QED) is 0.666. The molecule has 0 saturated heterocycles. The molecule has 0 aliphatic rings. The van der Waals surface area contributed by atoms with Crippen molar-refractivity contribution in [3.63, 3.8) is 0 Å². The minimum atomic E-state index is -0.189. The molecule has 0 amide bonds. The smallest absolute Gasteiger partial charge is 0.159 e. The van der Waals surface area contributed by atoms with Crippen molar-refractivity contribution in [2.45, 2.75) is 32.3 Å². The monoisotopic (exact) mass is 224 g/mol. The molecule has 0 fully saturated rings. The third-order valence-corrected chi connectivity index (χ3v) is 2.43. The van der Waals surface area contributed by atoms with E-state index in [1.165, 1.54) is 5.56 Å². The molecule has 1 aromatic carbocycles. The lowest BCUT2D eigenvalue weighted by atomic mass is 10.2. The van der Waals surface area contributed by atoms with E-state index in [1.807, 2.05) is 25.1 Å². The van der Waals surface area contributed by atoms with Gasteiger partial charge in [-0.1, -0.05) is 30.3 Å². The van der Waals surface area contributed by atoms with E-state index < -0.39 is 0 Å². The number of methoxy groups -OCH3 is 2. The summed E-state index contributed by atoms with van der Waals surface area (Å²) in [6.07, 6.45) is 0.663. The van der Waals surface area contributed by atoms with E-state index in [1.54, 1.807) is 14.2 Å². The molecule has 16 heavy (non-hydrogen) atoms. The van der Waals surface area contributed by atoms with Crippen LogP contribution in [0.3, 0.4) is 0 Å². The van der Waals surface area contributed by atoms with Gasteiger partial charge in [-0.25, -0.2) is 0 Å². The van der Waals surface area contributed by atoms with Crippen LogP contribution in [0.5, 0.6) is 0 Å². The molecule has 0 radical (unpaired) electrons. The summed E-state index contributed by atoms with van der Waals surface area (Å²) in [5.74, 6) is 0. The molecule has 0 aromatic heterocycles. The van der Waals surface area contributed by atoms with Crippen molar-refractivity contribution in [1.82, 2.24) is 0 Å². The SMILES string of the molecule is COC(CC(C)OCc1ccccc1)OC. The zero-order chi connectivity index (χ0) is 11.8. The molecule has 0 aliphatic carbocycles. The van der Waals surface area contributed by atoms with Gasteiger partial charge in [0.25, 0.3) is 0 Å². The maximum absolute atomic E-state index is 5.70. The zero-order valence-electron chi connectivity index (χ0n) is 10.2. The van der Waals surface area contributed by atoms with Crippen molar-refractivity contribution in [1.29, 1.82) is 0 Å². The fourth-order valence-corrected chi connectivity index (χ4v) is 1.44. The van der Waals surface area contributed by atoms with Crippen molar-refractivity contribution in [2.75, 3.05) is 14.2 Å². The van der Waals surface area contributed by atoms with E-state index in [0.717, 1.165) is 6.42 Å². The van der Waals surface area contributed by atoms with Crippen molar-refractivity contribution >= 4 is 0 Å². The highest BCUT2D eigenvalue weighted by Gasteiger charge is 2.11. The Labute approximate surface area is 97.3 Å². The van der Waals surface area contributed by atoms with Gasteiger partial charge in [0.2, 0.25) is 0 Å². The lowest BCUT2D eigenvalue weighted by Gasteiger charge is -2.18. The second-order valence-electron chi connectivity index (χ2n) is 3.74. The number of ether oxygens (including phenoxy) is 3. The molecule has 1 atom stereocenters. The van der Waals surface area contributed by atoms with Crippen LogP contribution in [0.15, 0.2) is 30.3 Å². The molecule has 0 saturated carbocycles. The van der Waals surface area contributed by atoms with Crippen LogP contribution >= 0.6 is 0 Å². The van der Waals surface area contributed by atoms with Gasteiger partial charge in [0.15, 0.2) is 6.29 Å². The van der Waals surface area contributed by atoms with Crippen LogP contribution in [0.25, 0.3) is 0 Å². The van der Waals surface area contributed by atoms with E-state index in [2.05, 4.69) is 12.1 Å². The van der Waals surface area contributed by atoms with Gasteiger partial charge in [0.1, 0.15) is 0 Å². The van der Waals surface area contributed by atoms with Gasteiger partial charge in [-0.15, -0.1) is 0 Å². The summed E-state index contributed by atoms with van der Waals surface area (Å²) in [6, 6.07) is 10.1. The van der Waals surface area contributed by atoms with Crippen molar-refractivity contribution in [2.24, 2.45) is 0 Å². The topological polar surface area (TPSA) is 27.7 Å². The second kappa shape index (κ2) is 7.39. The van der Waals surface area contributed by atoms with Crippen LogP contribution in [-0.4, -0.2) is 26.6 Å². The van der Waals surface area contributed by atoms with Crippen LogP contribution in [0.1, 0.15) is 18.9 Å². The van der Waals surface area contributed by atoms with E-state index in [9.17, 15) is 0 Å². The molecule has 1 aromatic rings. The highest BCUT2D eigenvalue weighted by molar-refractivity contribution is 5.13. The second-order valence-corrected chi connectivity index (χ2v) is 3.74. The summed E-state index contributed by atoms with van der Waals surface area (Å²) >= 11 is 0. The Morgan fingerprint density at radius 2 is 1.69 bits per heavy atom. The molecular weight excluding hydrogens is 204 g/mol. The fraction of sp³-hybridized carbons (Fsp3) is 0.538. The highest BCUT2D eigenvalue weighted by atomic mass is 16.7. The van der Waals surface area contributed by atoms with Gasteiger partial charge in [0.05, 0.1) is 12.7 Å². The molecule has 0 aliphatic heterocycles. The van der Waals surface area contributed by atoms with Crippen LogP contribution in [0, 0.1) is 0 Å². The number of hydrogen-bond donors (Lipinski definition) is 0. The third kappa shape index (κ3) is 4.75. The first-order valence-corrected chi connectivity index (χ1v) is 5.47. The number of hydrogen-bond acceptors (Lipinski definition) is 3. The Kier molecular flexibility index (Phi) is 6.08. The Balaban J connectivity index is 2.27. The van der Waals surface area contributed by atoms with Gasteiger partial charge in [-0.2, -0.15) is 0 Å². The lowest BCUT2D eigenvalue weighted by Crippen LogP contribution is -2.21. The highest BCUT2D eigenvalue weighted by Crippen LogP contribution is 2.09. The Morgan fingerprint density at radius 1 is 1.06 bits per heavy atom. The Bertz CT molecular complexity index is 270. The molecule has 1 rings (SSSR count). The predicted molar refractivity (Wildman–Crippen MR) is 63.1 cm³/mol. The largest absolute Gasteiger partial charge is 0.374 e. The van der Waals surface area contributed by atoms with E-state index in [4.69, 9.17) is 14.2 Å². The van der Waals surface area contributed by atoms with E-state index in [-0.39, 0.29) is 12.4 Å². The molecule has 0 bridgehead atoms. The molecule has 0 N–H and O–H groups in total. The van der Waals surface area contributed by atoms with Crippen LogP contribution < -0.4 is 0 Å². The molecule has 0 spiro atoms. The number of benzene rings is 1. The fourth-order valence-electron chi connectivity index (χ4n) is 1.44. The average molecular weight is 224 g/mol. The predicted octanol–water partition coefficient (Wildman–Crippen LogP) is 2.60. The molecule has 1 unspecified atom stereocenters. The first-order valence-electron chi connectivity index (χ1n) is 5.47. The summed E-state index contributed by atoms with van der Waals surface area (Å²) in [4.78, 5) is 0. The first-order chi connectivity index (χ1) is 7.76. The normalized spacial score (nSPS) is 13.0. The molecule has 3 heteroatoms. The maximum atomic E-state index is 5.70. The van der Waals surface area contributed by atoms with Crippen LogP contribution in [-0.2, 0) is 20.8 Å². The lowest BCUT2D eigenvalue weighted by molar-refractivity contribution is -0.128. The summed E-state index contributed by atoms with van der Waals surface area (Å²) in [5, 5.41) is 0. The molecular formula is C13H20O3. The van der Waals surface area contributed by atoms with Gasteiger partial charge in [-0.05, 0) is 12.5 Å².